The number of rotatable bonds is 6. The lowest BCUT2D eigenvalue weighted by atomic mass is 10.3. The molecule has 14 heavy (non-hydrogen) atoms. The van der Waals surface area contributed by atoms with Gasteiger partial charge in [0.1, 0.15) is 18.0 Å². The normalized spacial score (nSPS) is 10.1. The molecule has 0 aliphatic heterocycles. The van der Waals surface area contributed by atoms with Crippen molar-refractivity contribution in [3.05, 3.63) is 12.4 Å². The first kappa shape index (κ1) is 11.1. The summed E-state index contributed by atoms with van der Waals surface area (Å²) in [6.07, 6.45) is 5.98. The van der Waals surface area contributed by atoms with E-state index in [0.717, 1.165) is 18.8 Å². The van der Waals surface area contributed by atoms with Crippen LogP contribution in [0.4, 0.5) is 11.6 Å². The molecule has 1 rings (SSSR count). The maximum atomic E-state index is 5.52. The first-order valence-electron chi connectivity index (χ1n) is 4.63. The summed E-state index contributed by atoms with van der Waals surface area (Å²) in [7, 11) is 0. The highest BCUT2D eigenvalue weighted by Gasteiger charge is 1.94. The fourth-order valence-corrected chi connectivity index (χ4v) is 1.55. The van der Waals surface area contributed by atoms with E-state index in [1.165, 1.54) is 18.5 Å². The molecule has 5 heteroatoms. The standard InChI is InChI=1S/C9H16N4S/c1-14-5-3-2-4-11-9-6-8(10)12-7-13-9/h6-7H,2-5H2,1H3,(H3,10,11,12,13). The molecule has 0 unspecified atom stereocenters. The van der Waals surface area contributed by atoms with E-state index in [1.807, 2.05) is 11.8 Å². The monoisotopic (exact) mass is 212 g/mol. The first-order chi connectivity index (χ1) is 6.83. The Morgan fingerprint density at radius 3 is 3.00 bits per heavy atom. The highest BCUT2D eigenvalue weighted by atomic mass is 32.2. The number of nitrogens with zero attached hydrogens (tertiary/aromatic N) is 2. The van der Waals surface area contributed by atoms with Crippen molar-refractivity contribution in [2.24, 2.45) is 0 Å². The molecule has 1 aromatic heterocycles. The van der Waals surface area contributed by atoms with Crippen molar-refractivity contribution in [3.8, 4) is 0 Å². The minimum absolute atomic E-state index is 0.506. The molecule has 0 aromatic carbocycles. The molecule has 3 N–H and O–H groups in total. The van der Waals surface area contributed by atoms with Crippen LogP contribution < -0.4 is 11.1 Å². The molecule has 4 nitrogen and oxygen atoms in total. The van der Waals surface area contributed by atoms with E-state index in [1.54, 1.807) is 6.07 Å². The molecule has 78 valence electrons. The Labute approximate surface area is 88.7 Å². The summed E-state index contributed by atoms with van der Waals surface area (Å²) in [5.74, 6) is 2.53. The Bertz CT molecular complexity index is 267. The van der Waals surface area contributed by atoms with Crippen LogP contribution in [0, 0.1) is 0 Å². The van der Waals surface area contributed by atoms with Gasteiger partial charge in [-0.15, -0.1) is 0 Å². The van der Waals surface area contributed by atoms with Crippen molar-refractivity contribution in [2.75, 3.05) is 29.6 Å². The van der Waals surface area contributed by atoms with Crippen molar-refractivity contribution in [1.29, 1.82) is 0 Å². The number of hydrogen-bond acceptors (Lipinski definition) is 5. The summed E-state index contributed by atoms with van der Waals surface area (Å²) < 4.78 is 0. The molecule has 0 amide bonds. The van der Waals surface area contributed by atoms with Gasteiger partial charge in [0.15, 0.2) is 0 Å². The number of aromatic nitrogens is 2. The van der Waals surface area contributed by atoms with Crippen LogP contribution in [0.15, 0.2) is 12.4 Å². The zero-order valence-electron chi connectivity index (χ0n) is 8.36. The second-order valence-corrected chi connectivity index (χ2v) is 3.94. The van der Waals surface area contributed by atoms with Gasteiger partial charge in [-0.2, -0.15) is 11.8 Å². The van der Waals surface area contributed by atoms with Crippen LogP contribution in [0.3, 0.4) is 0 Å². The van der Waals surface area contributed by atoms with Crippen LogP contribution in [-0.2, 0) is 0 Å². The SMILES string of the molecule is CSCCCCNc1cc(N)ncn1. The second kappa shape index (κ2) is 6.48. The van der Waals surface area contributed by atoms with Crippen LogP contribution in [0.5, 0.6) is 0 Å². The van der Waals surface area contributed by atoms with Crippen molar-refractivity contribution in [1.82, 2.24) is 9.97 Å². The Hall–Kier alpha value is -0.970. The molecule has 0 bridgehead atoms. The van der Waals surface area contributed by atoms with Gasteiger partial charge < -0.3 is 11.1 Å². The number of thioether (sulfide) groups is 1. The van der Waals surface area contributed by atoms with Crippen LogP contribution in [0.25, 0.3) is 0 Å². The predicted octanol–water partition coefficient (Wildman–Crippen LogP) is 1.61. The van der Waals surface area contributed by atoms with Crippen LogP contribution in [0.1, 0.15) is 12.8 Å². The first-order valence-corrected chi connectivity index (χ1v) is 6.02. The van der Waals surface area contributed by atoms with Crippen molar-refractivity contribution in [3.63, 3.8) is 0 Å². The molecule has 0 spiro atoms. The summed E-state index contributed by atoms with van der Waals surface area (Å²) >= 11 is 1.88. The average Bonchev–Trinajstić information content (AvgIpc) is 2.18. The van der Waals surface area contributed by atoms with E-state index < -0.39 is 0 Å². The Kier molecular flexibility index (Phi) is 5.14. The predicted molar refractivity (Wildman–Crippen MR) is 62.6 cm³/mol. The lowest BCUT2D eigenvalue weighted by Crippen LogP contribution is -2.04. The van der Waals surface area contributed by atoms with E-state index in [0.29, 0.717) is 5.82 Å². The molecule has 1 aromatic rings. The molecule has 0 radical (unpaired) electrons. The number of unbranched alkanes of at least 4 members (excludes halogenated alkanes) is 1. The zero-order valence-corrected chi connectivity index (χ0v) is 9.18. The highest BCUT2D eigenvalue weighted by molar-refractivity contribution is 7.98. The molecule has 0 fully saturated rings. The minimum Gasteiger partial charge on any atom is -0.384 e. The lowest BCUT2D eigenvalue weighted by molar-refractivity contribution is 0.839. The third-order valence-electron chi connectivity index (χ3n) is 1.77. The van der Waals surface area contributed by atoms with Gasteiger partial charge in [-0.05, 0) is 24.9 Å². The van der Waals surface area contributed by atoms with Gasteiger partial charge in [0.25, 0.3) is 0 Å². The second-order valence-electron chi connectivity index (χ2n) is 2.95. The van der Waals surface area contributed by atoms with Crippen LogP contribution in [0.2, 0.25) is 0 Å². The fourth-order valence-electron chi connectivity index (χ4n) is 1.06. The van der Waals surface area contributed by atoms with Gasteiger partial charge in [-0.25, -0.2) is 9.97 Å². The molecule has 0 saturated heterocycles. The summed E-state index contributed by atoms with van der Waals surface area (Å²) in [4.78, 5) is 7.87. The molecular formula is C9H16N4S. The average molecular weight is 212 g/mol. The van der Waals surface area contributed by atoms with E-state index in [2.05, 4.69) is 21.5 Å². The summed E-state index contributed by atoms with van der Waals surface area (Å²) in [6.45, 7) is 0.941. The maximum Gasteiger partial charge on any atom is 0.131 e. The van der Waals surface area contributed by atoms with Crippen LogP contribution >= 0.6 is 11.8 Å². The molecule has 0 atom stereocenters. The number of nitrogen functional groups attached to an aromatic ring is 1. The fraction of sp³-hybridized carbons (Fsp3) is 0.556. The largest absolute Gasteiger partial charge is 0.384 e. The minimum atomic E-state index is 0.506. The van der Waals surface area contributed by atoms with Crippen molar-refractivity contribution in [2.45, 2.75) is 12.8 Å². The number of hydrogen-bond donors (Lipinski definition) is 2. The topological polar surface area (TPSA) is 63.8 Å². The molecule has 0 aliphatic rings. The number of nitrogens with one attached hydrogen (secondary N) is 1. The van der Waals surface area contributed by atoms with E-state index >= 15 is 0 Å². The maximum absolute atomic E-state index is 5.52. The number of anilines is 2. The quantitative estimate of drug-likeness (QED) is 0.701. The molecule has 1 heterocycles. The van der Waals surface area contributed by atoms with Gasteiger partial charge in [0.2, 0.25) is 0 Å². The zero-order chi connectivity index (χ0) is 10.2. The lowest BCUT2D eigenvalue weighted by Gasteiger charge is -2.04. The van der Waals surface area contributed by atoms with E-state index in [9.17, 15) is 0 Å². The third kappa shape index (κ3) is 4.32. The Morgan fingerprint density at radius 1 is 1.43 bits per heavy atom. The Balaban J connectivity index is 2.18. The van der Waals surface area contributed by atoms with Crippen molar-refractivity contribution < 1.29 is 0 Å². The van der Waals surface area contributed by atoms with E-state index in [-0.39, 0.29) is 0 Å². The summed E-state index contributed by atoms with van der Waals surface area (Å²) in [5, 5.41) is 3.20. The van der Waals surface area contributed by atoms with Crippen LogP contribution in [-0.4, -0.2) is 28.5 Å². The number of nitrogens with two attached hydrogens (primary N) is 1. The summed E-state index contributed by atoms with van der Waals surface area (Å²) in [5.41, 5.74) is 5.52. The molecular weight excluding hydrogens is 196 g/mol. The Morgan fingerprint density at radius 2 is 2.29 bits per heavy atom. The van der Waals surface area contributed by atoms with Gasteiger partial charge in [-0.3, -0.25) is 0 Å². The highest BCUT2D eigenvalue weighted by Crippen LogP contribution is 2.05. The van der Waals surface area contributed by atoms with Crippen molar-refractivity contribution >= 4 is 23.4 Å². The smallest absolute Gasteiger partial charge is 0.131 e. The molecule has 0 aliphatic carbocycles. The van der Waals surface area contributed by atoms with Gasteiger partial charge in [0.05, 0.1) is 0 Å². The third-order valence-corrected chi connectivity index (χ3v) is 2.47. The molecule has 0 saturated carbocycles. The summed E-state index contributed by atoms with van der Waals surface area (Å²) in [6, 6.07) is 1.74. The van der Waals surface area contributed by atoms with E-state index in [4.69, 9.17) is 5.73 Å². The van der Waals surface area contributed by atoms with Gasteiger partial charge >= 0.3 is 0 Å². The van der Waals surface area contributed by atoms with Gasteiger partial charge in [0, 0.05) is 12.6 Å². The van der Waals surface area contributed by atoms with Gasteiger partial charge in [-0.1, -0.05) is 0 Å².